The van der Waals surface area contributed by atoms with Crippen LogP contribution in [0.25, 0.3) is 10.9 Å². The minimum absolute atomic E-state index is 0.148. The molecule has 0 radical (unpaired) electrons. The van der Waals surface area contributed by atoms with E-state index in [0.29, 0.717) is 30.5 Å². The molecule has 10 heteroatoms. The molecule has 2 aliphatic rings. The number of hydrogen-bond acceptors (Lipinski definition) is 6. The highest BCUT2D eigenvalue weighted by molar-refractivity contribution is 7.89. The highest BCUT2D eigenvalue weighted by Crippen LogP contribution is 2.25. The molecular weight excluding hydrogens is 526 g/mol. The highest BCUT2D eigenvalue weighted by Gasteiger charge is 2.26. The van der Waals surface area contributed by atoms with Gasteiger partial charge in [0.1, 0.15) is 0 Å². The van der Waals surface area contributed by atoms with Gasteiger partial charge in [-0.05, 0) is 49.6 Å². The number of aromatic amines is 1. The van der Waals surface area contributed by atoms with Gasteiger partial charge in [-0.2, -0.15) is 4.31 Å². The fraction of sp³-hybridized carbons (Fsp3) is 0.467. The van der Waals surface area contributed by atoms with Gasteiger partial charge in [0, 0.05) is 69.3 Å². The molecule has 0 atom stereocenters. The van der Waals surface area contributed by atoms with E-state index in [0.717, 1.165) is 71.4 Å². The second-order valence-corrected chi connectivity index (χ2v) is 12.7. The zero-order valence-corrected chi connectivity index (χ0v) is 23.8. The Morgan fingerprint density at radius 1 is 0.850 bits per heavy atom. The third-order valence-corrected chi connectivity index (χ3v) is 9.81. The van der Waals surface area contributed by atoms with Crippen molar-refractivity contribution in [3.8, 4) is 0 Å². The van der Waals surface area contributed by atoms with Crippen LogP contribution < -0.4 is 10.9 Å². The molecule has 2 fully saturated rings. The van der Waals surface area contributed by atoms with Crippen LogP contribution in [0.4, 0.5) is 0 Å². The number of benzene rings is 2. The molecule has 1 aromatic heterocycles. The first-order valence-corrected chi connectivity index (χ1v) is 15.8. The first kappa shape index (κ1) is 28.5. The van der Waals surface area contributed by atoms with E-state index in [4.69, 9.17) is 0 Å². The number of hydrogen-bond donors (Lipinski definition) is 2. The molecule has 0 spiro atoms. The number of nitrogens with one attached hydrogen (secondary N) is 2. The Morgan fingerprint density at radius 2 is 1.55 bits per heavy atom. The number of carbonyl (C=O) groups excluding carboxylic acids is 1. The summed E-state index contributed by atoms with van der Waals surface area (Å²) in [4.78, 5) is 33.2. The fourth-order valence-corrected chi connectivity index (χ4v) is 7.17. The van der Waals surface area contributed by atoms with Gasteiger partial charge in [0.2, 0.25) is 15.6 Å². The molecular formula is C30H39N5O4S. The number of sulfonamides is 1. The van der Waals surface area contributed by atoms with Crippen LogP contribution >= 0.6 is 0 Å². The van der Waals surface area contributed by atoms with Gasteiger partial charge in [0.05, 0.1) is 10.5 Å². The van der Waals surface area contributed by atoms with Crippen LogP contribution in [0.5, 0.6) is 0 Å². The number of amides is 1. The summed E-state index contributed by atoms with van der Waals surface area (Å²) in [5, 5.41) is 3.37. The summed E-state index contributed by atoms with van der Waals surface area (Å²) < 4.78 is 28.2. The molecule has 214 valence electrons. The Balaban J connectivity index is 1.17. The third kappa shape index (κ3) is 6.98. The Morgan fingerprint density at radius 3 is 2.27 bits per heavy atom. The summed E-state index contributed by atoms with van der Waals surface area (Å²) in [6.07, 6.45) is 4.54. The Labute approximate surface area is 236 Å². The maximum atomic E-state index is 13.4. The van der Waals surface area contributed by atoms with E-state index >= 15 is 0 Å². The number of fused-ring (bicyclic) bond motifs is 1. The maximum Gasteiger partial charge on any atom is 0.252 e. The third-order valence-electron chi connectivity index (χ3n) is 7.91. The van der Waals surface area contributed by atoms with Crippen LogP contribution in [-0.4, -0.2) is 85.8 Å². The first-order chi connectivity index (χ1) is 19.4. The lowest BCUT2D eigenvalue weighted by atomic mass is 10.1. The average molecular weight is 566 g/mol. The zero-order chi connectivity index (χ0) is 28.0. The van der Waals surface area contributed by atoms with Gasteiger partial charge >= 0.3 is 0 Å². The van der Waals surface area contributed by atoms with E-state index in [-0.39, 0.29) is 16.4 Å². The van der Waals surface area contributed by atoms with Crippen LogP contribution in [0.3, 0.4) is 0 Å². The van der Waals surface area contributed by atoms with Gasteiger partial charge in [0.25, 0.3) is 5.91 Å². The molecule has 40 heavy (non-hydrogen) atoms. The fourth-order valence-electron chi connectivity index (χ4n) is 5.62. The number of aromatic nitrogens is 1. The van der Waals surface area contributed by atoms with Gasteiger partial charge in [0.15, 0.2) is 0 Å². The number of piperazine rings is 1. The maximum absolute atomic E-state index is 13.4. The van der Waals surface area contributed by atoms with Gasteiger partial charge in [-0.25, -0.2) is 8.42 Å². The minimum atomic E-state index is -3.68. The molecule has 2 N–H and O–H groups in total. The molecule has 1 amide bonds. The molecule has 0 bridgehead atoms. The van der Waals surface area contributed by atoms with Gasteiger partial charge in [-0.1, -0.05) is 43.2 Å². The SMILES string of the molecule is O=C(NCCCN1CCN(Cc2ccccc2)CC1)c1cc(=O)[nH]c2ccc(S(=O)(=O)N3CCCCCC3)cc12. The van der Waals surface area contributed by atoms with E-state index in [9.17, 15) is 18.0 Å². The van der Waals surface area contributed by atoms with Gasteiger partial charge in [-0.3, -0.25) is 14.5 Å². The van der Waals surface area contributed by atoms with Crippen LogP contribution in [0.15, 0.2) is 64.3 Å². The van der Waals surface area contributed by atoms with Gasteiger partial charge < -0.3 is 15.2 Å². The summed E-state index contributed by atoms with van der Waals surface area (Å²) in [6.45, 7) is 7.35. The monoisotopic (exact) mass is 565 g/mol. The largest absolute Gasteiger partial charge is 0.352 e. The molecule has 9 nitrogen and oxygen atoms in total. The van der Waals surface area contributed by atoms with Crippen LogP contribution in [0, 0.1) is 0 Å². The average Bonchev–Trinajstić information content (AvgIpc) is 3.26. The Kier molecular flexibility index (Phi) is 9.31. The van der Waals surface area contributed by atoms with Gasteiger partial charge in [-0.15, -0.1) is 0 Å². The lowest BCUT2D eigenvalue weighted by molar-refractivity contribution is 0.0948. The Hall–Kier alpha value is -3.05. The molecule has 0 saturated carbocycles. The van der Waals surface area contributed by atoms with E-state index in [1.807, 2.05) is 6.07 Å². The van der Waals surface area contributed by atoms with Crippen molar-refractivity contribution < 1.29 is 13.2 Å². The van der Waals surface area contributed by atoms with Crippen LogP contribution in [-0.2, 0) is 16.6 Å². The molecule has 2 aromatic carbocycles. The van der Waals surface area contributed by atoms with Crippen molar-refractivity contribution in [3.05, 3.63) is 76.1 Å². The minimum Gasteiger partial charge on any atom is -0.352 e. The highest BCUT2D eigenvalue weighted by atomic mass is 32.2. The summed E-state index contributed by atoms with van der Waals surface area (Å²) in [5.41, 5.74) is 1.58. The van der Waals surface area contributed by atoms with Crippen molar-refractivity contribution in [2.45, 2.75) is 43.5 Å². The zero-order valence-electron chi connectivity index (χ0n) is 23.0. The second-order valence-electron chi connectivity index (χ2n) is 10.8. The smallest absolute Gasteiger partial charge is 0.252 e. The Bertz CT molecular complexity index is 1460. The quantitative estimate of drug-likeness (QED) is 0.387. The number of pyridine rings is 1. The topological polar surface area (TPSA) is 106 Å². The summed E-state index contributed by atoms with van der Waals surface area (Å²) in [5.74, 6) is -0.367. The van der Waals surface area contributed by atoms with E-state index in [1.54, 1.807) is 6.07 Å². The molecule has 3 aromatic rings. The lowest BCUT2D eigenvalue weighted by Crippen LogP contribution is -2.46. The molecule has 3 heterocycles. The van der Waals surface area contributed by atoms with Crippen molar-refractivity contribution >= 4 is 26.8 Å². The van der Waals surface area contributed by atoms with Crippen molar-refractivity contribution in [1.82, 2.24) is 24.4 Å². The van der Waals surface area contributed by atoms with E-state index in [2.05, 4.69) is 44.4 Å². The second kappa shape index (κ2) is 13.1. The van der Waals surface area contributed by atoms with E-state index in [1.165, 1.54) is 28.1 Å². The summed E-state index contributed by atoms with van der Waals surface area (Å²) in [6, 6.07) is 16.4. The predicted octanol–water partition coefficient (Wildman–Crippen LogP) is 3.03. The predicted molar refractivity (Wildman–Crippen MR) is 157 cm³/mol. The van der Waals surface area contributed by atoms with Crippen LogP contribution in [0.1, 0.15) is 48.0 Å². The summed E-state index contributed by atoms with van der Waals surface area (Å²) in [7, 11) is -3.68. The van der Waals surface area contributed by atoms with Crippen LogP contribution in [0.2, 0.25) is 0 Å². The molecule has 2 aliphatic heterocycles. The first-order valence-electron chi connectivity index (χ1n) is 14.3. The number of carbonyl (C=O) groups is 1. The number of rotatable bonds is 9. The summed E-state index contributed by atoms with van der Waals surface area (Å²) >= 11 is 0. The normalized spacial score (nSPS) is 18.0. The van der Waals surface area contributed by atoms with E-state index < -0.39 is 15.6 Å². The van der Waals surface area contributed by atoms with Crippen molar-refractivity contribution in [2.24, 2.45) is 0 Å². The standard InChI is InChI=1S/C30H39N5O4S/c36-29-22-27(26-21-25(11-12-28(26)32-29)40(38,39)35-15-6-1-2-7-16-35)30(37)31-13-8-14-33-17-19-34(20-18-33)23-24-9-4-3-5-10-24/h3-5,9-12,21-22H,1-2,6-8,13-20,23H2,(H,31,37)(H,32,36). The van der Waals surface area contributed by atoms with Crippen molar-refractivity contribution in [1.29, 1.82) is 0 Å². The van der Waals surface area contributed by atoms with Crippen molar-refractivity contribution in [3.63, 3.8) is 0 Å². The van der Waals surface area contributed by atoms with Crippen molar-refractivity contribution in [2.75, 3.05) is 52.4 Å². The number of nitrogens with zero attached hydrogens (tertiary/aromatic N) is 3. The molecule has 0 aliphatic carbocycles. The molecule has 0 unspecified atom stereocenters. The molecule has 2 saturated heterocycles. The molecule has 5 rings (SSSR count). The lowest BCUT2D eigenvalue weighted by Gasteiger charge is -2.34. The number of H-pyrrole nitrogens is 1.